The standard InChI is InChI=1S/C18H18FN5O3/c1-27-16-11-14(15(24(25)26)10-13(16)19)22-8-5-12(6-9-22)18-21-20-17-4-2-3-7-23(17)18/h2-4,7,10-12H,5-6,8-9H2,1H3. The van der Waals surface area contributed by atoms with Crippen LogP contribution in [0.5, 0.6) is 5.75 Å². The first-order chi connectivity index (χ1) is 13.1. The Labute approximate surface area is 154 Å². The highest BCUT2D eigenvalue weighted by Gasteiger charge is 2.29. The number of benzene rings is 1. The minimum Gasteiger partial charge on any atom is -0.494 e. The van der Waals surface area contributed by atoms with Gasteiger partial charge in [-0.3, -0.25) is 14.5 Å². The zero-order chi connectivity index (χ0) is 19.0. The van der Waals surface area contributed by atoms with Gasteiger partial charge >= 0.3 is 0 Å². The van der Waals surface area contributed by atoms with Crippen molar-refractivity contribution in [2.75, 3.05) is 25.1 Å². The first-order valence-corrected chi connectivity index (χ1v) is 8.65. The fourth-order valence-corrected chi connectivity index (χ4v) is 3.60. The minimum atomic E-state index is -0.738. The van der Waals surface area contributed by atoms with E-state index in [0.717, 1.165) is 30.4 Å². The molecule has 0 radical (unpaired) electrons. The fourth-order valence-electron chi connectivity index (χ4n) is 3.60. The number of fused-ring (bicyclic) bond motifs is 1. The Kier molecular flexibility index (Phi) is 4.35. The predicted octanol–water partition coefficient (Wildman–Crippen LogP) is 3.17. The average Bonchev–Trinajstić information content (AvgIpc) is 3.12. The van der Waals surface area contributed by atoms with Gasteiger partial charge in [0.25, 0.3) is 5.69 Å². The third-order valence-electron chi connectivity index (χ3n) is 4.99. The monoisotopic (exact) mass is 371 g/mol. The Morgan fingerprint density at radius 1 is 1.26 bits per heavy atom. The Hall–Kier alpha value is -3.23. The SMILES string of the molecule is COc1cc(N2CCC(c3nnc4ccccn34)CC2)c([N+](=O)[O-])cc1F. The molecule has 1 aliphatic heterocycles. The van der Waals surface area contributed by atoms with E-state index in [0.29, 0.717) is 18.8 Å². The number of nitro groups is 1. The van der Waals surface area contributed by atoms with E-state index in [1.54, 1.807) is 0 Å². The number of methoxy groups -OCH3 is 1. The lowest BCUT2D eigenvalue weighted by Crippen LogP contribution is -2.34. The number of aromatic nitrogens is 3. The molecule has 1 aromatic carbocycles. The lowest BCUT2D eigenvalue weighted by molar-refractivity contribution is -0.384. The molecule has 0 amide bonds. The number of hydrogen-bond acceptors (Lipinski definition) is 6. The van der Waals surface area contributed by atoms with E-state index >= 15 is 0 Å². The number of pyridine rings is 1. The number of piperidine rings is 1. The molecule has 9 heteroatoms. The summed E-state index contributed by atoms with van der Waals surface area (Å²) >= 11 is 0. The molecule has 8 nitrogen and oxygen atoms in total. The van der Waals surface area contributed by atoms with E-state index in [9.17, 15) is 14.5 Å². The summed E-state index contributed by atoms with van der Waals surface area (Å²) in [4.78, 5) is 12.7. The molecule has 3 aromatic rings. The van der Waals surface area contributed by atoms with Gasteiger partial charge in [0.05, 0.1) is 18.1 Å². The highest BCUT2D eigenvalue weighted by molar-refractivity contribution is 5.66. The minimum absolute atomic E-state index is 0.00109. The number of anilines is 1. The van der Waals surface area contributed by atoms with Gasteiger partial charge in [0, 0.05) is 31.3 Å². The van der Waals surface area contributed by atoms with Gasteiger partial charge in [-0.05, 0) is 25.0 Å². The molecule has 2 aromatic heterocycles. The summed E-state index contributed by atoms with van der Waals surface area (Å²) in [7, 11) is 1.34. The van der Waals surface area contributed by atoms with Gasteiger partial charge in [0.2, 0.25) is 0 Å². The summed E-state index contributed by atoms with van der Waals surface area (Å²) in [5, 5.41) is 19.9. The maximum Gasteiger partial charge on any atom is 0.295 e. The summed E-state index contributed by atoms with van der Waals surface area (Å²) in [5.41, 5.74) is 0.927. The molecule has 0 saturated carbocycles. The molecule has 3 heterocycles. The Morgan fingerprint density at radius 3 is 2.74 bits per heavy atom. The molecule has 1 aliphatic rings. The lowest BCUT2D eigenvalue weighted by Gasteiger charge is -2.32. The van der Waals surface area contributed by atoms with Crippen molar-refractivity contribution in [1.29, 1.82) is 0 Å². The van der Waals surface area contributed by atoms with Crippen molar-refractivity contribution in [2.45, 2.75) is 18.8 Å². The van der Waals surface area contributed by atoms with Crippen LogP contribution in [0.1, 0.15) is 24.6 Å². The zero-order valence-electron chi connectivity index (χ0n) is 14.7. The topological polar surface area (TPSA) is 85.8 Å². The van der Waals surface area contributed by atoms with Crippen LogP contribution in [0.2, 0.25) is 0 Å². The van der Waals surface area contributed by atoms with Crippen LogP contribution < -0.4 is 9.64 Å². The van der Waals surface area contributed by atoms with Gasteiger partial charge < -0.3 is 9.64 Å². The second kappa shape index (κ2) is 6.82. The van der Waals surface area contributed by atoms with Crippen LogP contribution in [-0.2, 0) is 0 Å². The lowest BCUT2D eigenvalue weighted by atomic mass is 9.95. The molecule has 0 unspecified atom stereocenters. The number of halogens is 1. The normalized spacial score (nSPS) is 15.3. The second-order valence-corrected chi connectivity index (χ2v) is 6.48. The van der Waals surface area contributed by atoms with Crippen LogP contribution in [0.15, 0.2) is 36.5 Å². The quantitative estimate of drug-likeness (QED) is 0.517. The smallest absolute Gasteiger partial charge is 0.295 e. The first kappa shape index (κ1) is 17.2. The largest absolute Gasteiger partial charge is 0.494 e. The summed E-state index contributed by atoms with van der Waals surface area (Å²) in [6.07, 6.45) is 3.48. The number of nitro benzene ring substituents is 1. The summed E-state index contributed by atoms with van der Waals surface area (Å²) in [6, 6.07) is 8.08. The maximum absolute atomic E-state index is 13.9. The highest BCUT2D eigenvalue weighted by atomic mass is 19.1. The van der Waals surface area contributed by atoms with Crippen molar-refractivity contribution in [3.63, 3.8) is 0 Å². The van der Waals surface area contributed by atoms with Crippen molar-refractivity contribution in [1.82, 2.24) is 14.6 Å². The Morgan fingerprint density at radius 2 is 2.04 bits per heavy atom. The molecule has 1 fully saturated rings. The Bertz CT molecular complexity index is 998. The fraction of sp³-hybridized carbons (Fsp3) is 0.333. The van der Waals surface area contributed by atoms with Crippen molar-refractivity contribution < 1.29 is 14.1 Å². The van der Waals surface area contributed by atoms with Crippen LogP contribution in [-0.4, -0.2) is 39.7 Å². The average molecular weight is 371 g/mol. The molecule has 0 bridgehead atoms. The van der Waals surface area contributed by atoms with Crippen LogP contribution >= 0.6 is 0 Å². The summed E-state index contributed by atoms with van der Waals surface area (Å²) in [5.74, 6) is 0.371. The highest BCUT2D eigenvalue weighted by Crippen LogP contribution is 2.37. The van der Waals surface area contributed by atoms with Gasteiger partial charge in [-0.25, -0.2) is 4.39 Å². The number of hydrogen-bond donors (Lipinski definition) is 0. The van der Waals surface area contributed by atoms with Crippen LogP contribution in [0.4, 0.5) is 15.8 Å². The van der Waals surface area contributed by atoms with E-state index in [2.05, 4.69) is 10.2 Å². The first-order valence-electron chi connectivity index (χ1n) is 8.65. The van der Waals surface area contributed by atoms with E-state index in [1.165, 1.54) is 13.2 Å². The molecular formula is C18H18FN5O3. The van der Waals surface area contributed by atoms with Gasteiger partial charge in [0.1, 0.15) is 11.5 Å². The van der Waals surface area contributed by atoms with Gasteiger partial charge in [0.15, 0.2) is 17.2 Å². The van der Waals surface area contributed by atoms with Gasteiger partial charge in [-0.2, -0.15) is 0 Å². The molecular weight excluding hydrogens is 353 g/mol. The molecule has 0 atom stereocenters. The summed E-state index contributed by atoms with van der Waals surface area (Å²) < 4.78 is 20.9. The van der Waals surface area contributed by atoms with E-state index in [-0.39, 0.29) is 17.4 Å². The molecule has 1 saturated heterocycles. The van der Waals surface area contributed by atoms with Crippen molar-refractivity contribution in [3.05, 3.63) is 58.3 Å². The molecule has 27 heavy (non-hydrogen) atoms. The zero-order valence-corrected chi connectivity index (χ0v) is 14.7. The number of ether oxygens (including phenoxy) is 1. The molecule has 4 rings (SSSR count). The van der Waals surface area contributed by atoms with E-state index < -0.39 is 10.7 Å². The van der Waals surface area contributed by atoms with Crippen LogP contribution in [0.25, 0.3) is 5.65 Å². The molecule has 0 N–H and O–H groups in total. The van der Waals surface area contributed by atoms with E-state index in [4.69, 9.17) is 4.74 Å². The Balaban J connectivity index is 1.58. The molecule has 0 spiro atoms. The molecule has 0 aliphatic carbocycles. The predicted molar refractivity (Wildman–Crippen MR) is 96.8 cm³/mol. The third kappa shape index (κ3) is 3.05. The van der Waals surface area contributed by atoms with Gasteiger partial charge in [-0.1, -0.05) is 6.07 Å². The van der Waals surface area contributed by atoms with Crippen molar-refractivity contribution in [3.8, 4) is 5.75 Å². The maximum atomic E-state index is 13.9. The van der Waals surface area contributed by atoms with Crippen LogP contribution in [0.3, 0.4) is 0 Å². The van der Waals surface area contributed by atoms with Gasteiger partial charge in [-0.15, -0.1) is 10.2 Å². The molecule has 140 valence electrons. The van der Waals surface area contributed by atoms with E-state index in [1.807, 2.05) is 33.7 Å². The van der Waals surface area contributed by atoms with Crippen molar-refractivity contribution in [2.24, 2.45) is 0 Å². The number of rotatable bonds is 4. The summed E-state index contributed by atoms with van der Waals surface area (Å²) in [6.45, 7) is 1.20. The second-order valence-electron chi connectivity index (χ2n) is 6.48. The van der Waals surface area contributed by atoms with Crippen LogP contribution in [0, 0.1) is 15.9 Å². The third-order valence-corrected chi connectivity index (χ3v) is 4.99. The number of nitrogens with zero attached hydrogens (tertiary/aromatic N) is 5. The van der Waals surface area contributed by atoms with Crippen molar-refractivity contribution >= 4 is 17.0 Å².